The molecule has 0 radical (unpaired) electrons. The number of hydrogen-bond donors (Lipinski definition) is 0. The molecule has 0 atom stereocenters. The first kappa shape index (κ1) is 33.2. The first-order chi connectivity index (χ1) is 15.9. The summed E-state index contributed by atoms with van der Waals surface area (Å²) in [4.78, 5) is 0. The van der Waals surface area contributed by atoms with E-state index in [9.17, 15) is 0 Å². The monoisotopic (exact) mass is 598 g/mol. The van der Waals surface area contributed by atoms with Crippen molar-refractivity contribution in [2.24, 2.45) is 0 Å². The van der Waals surface area contributed by atoms with Gasteiger partial charge >= 0.3 is 53.1 Å². The average molecular weight is 601 g/mol. The van der Waals surface area contributed by atoms with E-state index in [0.29, 0.717) is 0 Å². The molecule has 0 heterocycles. The molecule has 0 N–H and O–H groups in total. The Morgan fingerprint density at radius 2 is 1.19 bits per heavy atom. The fraction of sp³-hybridized carbons (Fsp3) is 0.455. The first-order valence-electron chi connectivity index (χ1n) is 12.8. The third-order valence-corrected chi connectivity index (χ3v) is 8.03. The van der Waals surface area contributed by atoms with Crippen molar-refractivity contribution in [1.29, 1.82) is 0 Å². The molecule has 3 aromatic carbocycles. The molecule has 0 nitrogen and oxygen atoms in total. The number of rotatable bonds is 0. The predicted octanol–water partition coefficient (Wildman–Crippen LogP) is 3.52. The van der Waals surface area contributed by atoms with E-state index < -0.39 is 0 Å². The minimum absolute atomic E-state index is 0. The number of halogens is 2. The van der Waals surface area contributed by atoms with Crippen LogP contribution < -0.4 is 24.8 Å². The van der Waals surface area contributed by atoms with Gasteiger partial charge in [0, 0.05) is 0 Å². The molecule has 0 aromatic heterocycles. The third-order valence-electron chi connectivity index (χ3n) is 6.80. The van der Waals surface area contributed by atoms with Gasteiger partial charge in [0.15, 0.2) is 0 Å². The van der Waals surface area contributed by atoms with Crippen LogP contribution in [-0.4, -0.2) is 3.21 Å². The summed E-state index contributed by atoms with van der Waals surface area (Å²) < 4.78 is 1.79. The van der Waals surface area contributed by atoms with Gasteiger partial charge in [-0.05, 0) is 24.7 Å². The maximum atomic E-state index is 2.99. The van der Waals surface area contributed by atoms with Gasteiger partial charge < -0.3 is 24.8 Å². The SMILES string of the molecule is Cc1cc2[cH-]c3cc(C)c(C(C)(C)C)cc3c2cc1C(C)(C)C.[C-]1=CC=CC1.[Cl-].[Cl-].[Zr+2]=[C]1CCCC1. The van der Waals surface area contributed by atoms with Crippen LogP contribution >= 0.6 is 0 Å². The van der Waals surface area contributed by atoms with Gasteiger partial charge in [-0.25, -0.2) is 12.2 Å². The van der Waals surface area contributed by atoms with Gasteiger partial charge in [-0.2, -0.15) is 6.08 Å². The zero-order chi connectivity index (χ0) is 25.1. The van der Waals surface area contributed by atoms with Gasteiger partial charge in [0.1, 0.15) is 0 Å². The number of benzene rings is 2. The van der Waals surface area contributed by atoms with Crippen molar-refractivity contribution in [3.63, 3.8) is 0 Å². The molecule has 2 aliphatic rings. The van der Waals surface area contributed by atoms with Crippen molar-refractivity contribution >= 4 is 24.8 Å². The van der Waals surface area contributed by atoms with Crippen LogP contribution in [0.25, 0.3) is 21.5 Å². The van der Waals surface area contributed by atoms with Crippen LogP contribution in [0.15, 0.2) is 48.6 Å². The van der Waals surface area contributed by atoms with E-state index in [1.54, 1.807) is 27.4 Å². The number of hydrogen-bond acceptors (Lipinski definition) is 0. The summed E-state index contributed by atoms with van der Waals surface area (Å²) in [5.41, 5.74) is 6.06. The molecular formula is C33H42Cl2Zr-2. The van der Waals surface area contributed by atoms with E-state index in [4.69, 9.17) is 0 Å². The molecule has 5 rings (SSSR count). The van der Waals surface area contributed by atoms with Crippen LogP contribution in [0.4, 0.5) is 0 Å². The van der Waals surface area contributed by atoms with E-state index in [0.717, 1.165) is 6.42 Å². The van der Waals surface area contributed by atoms with E-state index >= 15 is 0 Å². The Hall–Kier alpha value is -0.877. The second-order valence-electron chi connectivity index (χ2n) is 12.0. The van der Waals surface area contributed by atoms with Crippen LogP contribution in [-0.2, 0) is 35.1 Å². The summed E-state index contributed by atoms with van der Waals surface area (Å²) in [5.74, 6) is 0. The van der Waals surface area contributed by atoms with Crippen molar-refractivity contribution < 1.29 is 49.0 Å². The standard InChI is InChI=1S/C23H29.C5H8.C5H5.2ClH.Zr/c1-14-9-16-11-17-10-15(2)21(23(6,7)8)13-19(17)18(16)12-20(14)22(3,4)5;2*1-2-4-5-3-1;;;/h9-13H,1-8H3;1-4H2;1-3H,4H2;2*1H;/q-1;;-1;;;+2/p-2. The van der Waals surface area contributed by atoms with Crippen molar-refractivity contribution in [1.82, 2.24) is 0 Å². The quantitative estimate of drug-likeness (QED) is 0.347. The molecule has 0 spiro atoms. The second-order valence-corrected chi connectivity index (χ2v) is 13.7. The van der Waals surface area contributed by atoms with Gasteiger partial charge in [-0.1, -0.05) is 75.9 Å². The van der Waals surface area contributed by atoms with Crippen molar-refractivity contribution in [2.75, 3.05) is 0 Å². The average Bonchev–Trinajstić information content (AvgIpc) is 3.48. The van der Waals surface area contributed by atoms with Gasteiger partial charge in [0.05, 0.1) is 0 Å². The van der Waals surface area contributed by atoms with E-state index in [1.807, 2.05) is 12.2 Å². The Labute approximate surface area is 247 Å². The Morgan fingerprint density at radius 1 is 0.750 bits per heavy atom. The van der Waals surface area contributed by atoms with Gasteiger partial charge in [-0.3, -0.25) is 6.08 Å². The zero-order valence-electron chi connectivity index (χ0n) is 23.4. The van der Waals surface area contributed by atoms with E-state index in [2.05, 4.69) is 97.9 Å². The Bertz CT molecular complexity index is 1130. The Balaban J connectivity index is 0.000000411. The minimum atomic E-state index is 0. The van der Waals surface area contributed by atoms with Crippen LogP contribution in [0.5, 0.6) is 0 Å². The number of fused-ring (bicyclic) bond motifs is 3. The summed E-state index contributed by atoms with van der Waals surface area (Å²) in [5, 5.41) is 5.55. The normalized spacial score (nSPS) is 14.7. The van der Waals surface area contributed by atoms with Crippen molar-refractivity contribution in [3.8, 4) is 0 Å². The molecule has 0 bridgehead atoms. The molecule has 0 saturated heterocycles. The maximum absolute atomic E-state index is 2.99. The molecular weight excluding hydrogens is 558 g/mol. The van der Waals surface area contributed by atoms with Crippen LogP contribution in [0.2, 0.25) is 0 Å². The van der Waals surface area contributed by atoms with Crippen LogP contribution in [0, 0.1) is 19.9 Å². The van der Waals surface area contributed by atoms with E-state index in [-0.39, 0.29) is 35.6 Å². The van der Waals surface area contributed by atoms with Crippen molar-refractivity contribution in [3.05, 3.63) is 76.9 Å². The molecule has 0 unspecified atom stereocenters. The first-order valence-corrected chi connectivity index (χ1v) is 14.0. The molecule has 36 heavy (non-hydrogen) atoms. The predicted molar refractivity (Wildman–Crippen MR) is 149 cm³/mol. The molecule has 0 aliphatic heterocycles. The zero-order valence-corrected chi connectivity index (χ0v) is 27.4. The summed E-state index contributed by atoms with van der Waals surface area (Å²) in [7, 11) is 0. The summed E-state index contributed by atoms with van der Waals surface area (Å²) in [6, 6.07) is 11.9. The molecule has 1 saturated carbocycles. The fourth-order valence-electron chi connectivity index (χ4n) is 5.09. The molecule has 1 fully saturated rings. The summed E-state index contributed by atoms with van der Waals surface area (Å²) >= 11 is 1.68. The fourth-order valence-corrected chi connectivity index (χ4v) is 5.96. The molecule has 194 valence electrons. The van der Waals surface area contributed by atoms with Crippen molar-refractivity contribution in [2.45, 2.75) is 98.3 Å². The van der Waals surface area contributed by atoms with Crippen LogP contribution in [0.3, 0.4) is 0 Å². The topological polar surface area (TPSA) is 0 Å². The number of aryl methyl sites for hydroxylation is 2. The Morgan fingerprint density at radius 3 is 1.44 bits per heavy atom. The van der Waals surface area contributed by atoms with Gasteiger partial charge in [0.25, 0.3) is 0 Å². The Kier molecular flexibility index (Phi) is 12.7. The van der Waals surface area contributed by atoms with Gasteiger partial charge in [0.2, 0.25) is 0 Å². The molecule has 3 heteroatoms. The third kappa shape index (κ3) is 8.58. The number of allylic oxidation sites excluding steroid dienone is 4. The summed E-state index contributed by atoms with van der Waals surface area (Å²) in [6.45, 7) is 18.3. The molecule has 0 amide bonds. The van der Waals surface area contributed by atoms with Crippen LogP contribution in [0.1, 0.15) is 95.9 Å². The summed E-state index contributed by atoms with van der Waals surface area (Å²) in [6.07, 6.45) is 15.8. The molecule has 3 aromatic rings. The second kappa shape index (κ2) is 13.8. The van der Waals surface area contributed by atoms with Gasteiger partial charge in [-0.15, -0.1) is 46.2 Å². The van der Waals surface area contributed by atoms with E-state index in [1.165, 1.54) is 69.5 Å². The molecule has 2 aliphatic carbocycles.